The largest absolute Gasteiger partial charge is 0.310 e. The van der Waals surface area contributed by atoms with Gasteiger partial charge in [-0.15, -0.1) is 0 Å². The molecule has 0 radical (unpaired) electrons. The van der Waals surface area contributed by atoms with E-state index in [1.54, 1.807) is 0 Å². The molecule has 1 heteroatoms. The Morgan fingerprint density at radius 1 is 0.322 bits per heavy atom. The minimum absolute atomic E-state index is 0.145. The lowest BCUT2D eigenvalue weighted by atomic mass is 9.67. The van der Waals surface area contributed by atoms with Gasteiger partial charge in [0.2, 0.25) is 0 Å². The van der Waals surface area contributed by atoms with Gasteiger partial charge in [0, 0.05) is 22.4 Å². The summed E-state index contributed by atoms with van der Waals surface area (Å²) in [5.74, 6) is 0. The van der Waals surface area contributed by atoms with Crippen LogP contribution in [0.5, 0.6) is 0 Å². The highest BCUT2D eigenvalue weighted by atomic mass is 15.1. The Morgan fingerprint density at radius 2 is 0.780 bits per heavy atom. The molecule has 11 rings (SSSR count). The summed E-state index contributed by atoms with van der Waals surface area (Å²) in [4.78, 5) is 2.52. The zero-order valence-electron chi connectivity index (χ0n) is 33.3. The minimum Gasteiger partial charge on any atom is -0.310 e. The first-order valence-corrected chi connectivity index (χ1v) is 20.7. The van der Waals surface area contributed by atoms with E-state index >= 15 is 0 Å². The van der Waals surface area contributed by atoms with Crippen molar-refractivity contribution < 1.29 is 0 Å². The number of rotatable bonds is 7. The van der Waals surface area contributed by atoms with E-state index in [1.165, 1.54) is 77.9 Å². The van der Waals surface area contributed by atoms with Gasteiger partial charge in [-0.1, -0.05) is 208 Å². The van der Waals surface area contributed by atoms with E-state index in [4.69, 9.17) is 0 Å². The molecule has 1 atom stereocenters. The van der Waals surface area contributed by atoms with Gasteiger partial charge < -0.3 is 4.90 Å². The highest BCUT2D eigenvalue weighted by Crippen LogP contribution is 2.60. The molecule has 0 fully saturated rings. The smallest absolute Gasteiger partial charge is 0.0734 e. The standard InChI is InChI=1S/C58H43N/c1-57(2)52-26-14-12-23-48(52)50-38-37-47(39-54(50)57)59(46-35-31-43(32-36-46)41-19-8-4-9-20-41)55-28-16-25-51-49-24-13-15-27-53(49)58(56(51)55,44-21-10-5-11-22-44)45-33-29-42(30-34-45)40-17-6-3-7-18-40/h3-39H,1-2H3. The molecule has 0 saturated heterocycles. The maximum Gasteiger partial charge on any atom is 0.0734 e. The Hall–Kier alpha value is -7.22. The molecular formula is C58H43N. The second kappa shape index (κ2) is 13.7. The summed E-state index contributed by atoms with van der Waals surface area (Å²) in [6, 6.07) is 83.1. The normalized spacial score (nSPS) is 15.5. The number of fused-ring (bicyclic) bond motifs is 6. The van der Waals surface area contributed by atoms with Crippen LogP contribution in [0.2, 0.25) is 0 Å². The van der Waals surface area contributed by atoms with Gasteiger partial charge in [0.15, 0.2) is 0 Å². The third-order valence-electron chi connectivity index (χ3n) is 13.0. The van der Waals surface area contributed by atoms with Crippen molar-refractivity contribution in [3.05, 3.63) is 258 Å². The van der Waals surface area contributed by atoms with Crippen LogP contribution in [-0.2, 0) is 10.8 Å². The Morgan fingerprint density at radius 3 is 1.42 bits per heavy atom. The lowest BCUT2D eigenvalue weighted by molar-refractivity contribution is 0.660. The molecule has 1 nitrogen and oxygen atoms in total. The van der Waals surface area contributed by atoms with Crippen LogP contribution in [0, 0.1) is 0 Å². The number of anilines is 3. The van der Waals surface area contributed by atoms with Crippen LogP contribution < -0.4 is 4.90 Å². The molecule has 9 aromatic carbocycles. The molecule has 1 unspecified atom stereocenters. The van der Waals surface area contributed by atoms with Gasteiger partial charge in [0.05, 0.1) is 11.1 Å². The maximum absolute atomic E-state index is 2.52. The van der Waals surface area contributed by atoms with Crippen LogP contribution in [0.3, 0.4) is 0 Å². The van der Waals surface area contributed by atoms with Crippen LogP contribution in [0.1, 0.15) is 47.2 Å². The number of hydrogen-bond acceptors (Lipinski definition) is 1. The molecule has 9 aromatic rings. The fourth-order valence-electron chi connectivity index (χ4n) is 10.2. The summed E-state index contributed by atoms with van der Waals surface area (Å²) in [6.45, 7) is 4.74. The second-order valence-electron chi connectivity index (χ2n) is 16.5. The molecular weight excluding hydrogens is 711 g/mol. The van der Waals surface area contributed by atoms with E-state index < -0.39 is 5.41 Å². The summed E-state index contributed by atoms with van der Waals surface area (Å²) in [5, 5.41) is 0. The third-order valence-corrected chi connectivity index (χ3v) is 13.0. The zero-order chi connectivity index (χ0) is 39.6. The summed E-state index contributed by atoms with van der Waals surface area (Å²) in [6.07, 6.45) is 0. The van der Waals surface area contributed by atoms with E-state index in [1.807, 2.05) is 0 Å². The van der Waals surface area contributed by atoms with Crippen LogP contribution in [-0.4, -0.2) is 0 Å². The fraction of sp³-hybridized carbons (Fsp3) is 0.0690. The summed E-state index contributed by atoms with van der Waals surface area (Å²) >= 11 is 0. The quantitative estimate of drug-likeness (QED) is 0.157. The predicted molar refractivity (Wildman–Crippen MR) is 247 cm³/mol. The number of nitrogens with zero attached hydrogens (tertiary/aromatic N) is 1. The highest BCUT2D eigenvalue weighted by molar-refractivity contribution is 5.95. The topological polar surface area (TPSA) is 3.24 Å². The van der Waals surface area contributed by atoms with Gasteiger partial charge in [0.25, 0.3) is 0 Å². The fourth-order valence-corrected chi connectivity index (χ4v) is 10.2. The zero-order valence-corrected chi connectivity index (χ0v) is 33.3. The molecule has 59 heavy (non-hydrogen) atoms. The van der Waals surface area contributed by atoms with Crippen molar-refractivity contribution in [3.8, 4) is 44.5 Å². The van der Waals surface area contributed by atoms with Crippen molar-refractivity contribution in [1.82, 2.24) is 0 Å². The molecule has 0 aromatic heterocycles. The maximum atomic E-state index is 2.52. The van der Waals surface area contributed by atoms with Gasteiger partial charge in [-0.2, -0.15) is 0 Å². The lowest BCUT2D eigenvalue weighted by Crippen LogP contribution is -2.30. The molecule has 0 aliphatic heterocycles. The molecule has 0 amide bonds. The Labute approximate surface area is 347 Å². The van der Waals surface area contributed by atoms with E-state index in [2.05, 4.69) is 243 Å². The van der Waals surface area contributed by atoms with Crippen molar-refractivity contribution >= 4 is 17.1 Å². The predicted octanol–water partition coefficient (Wildman–Crippen LogP) is 15.2. The molecule has 0 N–H and O–H groups in total. The molecule has 0 heterocycles. The summed E-state index contributed by atoms with van der Waals surface area (Å²) < 4.78 is 0. The van der Waals surface area contributed by atoms with Gasteiger partial charge >= 0.3 is 0 Å². The number of hydrogen-bond donors (Lipinski definition) is 0. The molecule has 2 aliphatic carbocycles. The molecule has 0 bridgehead atoms. The van der Waals surface area contributed by atoms with Gasteiger partial charge in [0.1, 0.15) is 0 Å². The van der Waals surface area contributed by atoms with Crippen molar-refractivity contribution in [2.24, 2.45) is 0 Å². The number of benzene rings is 9. The van der Waals surface area contributed by atoms with Crippen LogP contribution >= 0.6 is 0 Å². The first kappa shape index (κ1) is 35.0. The minimum atomic E-state index is -0.604. The third kappa shape index (κ3) is 5.39. The van der Waals surface area contributed by atoms with E-state index in [0.29, 0.717) is 0 Å². The molecule has 0 saturated carbocycles. The van der Waals surface area contributed by atoms with Crippen LogP contribution in [0.25, 0.3) is 44.5 Å². The molecule has 280 valence electrons. The van der Waals surface area contributed by atoms with E-state index in [9.17, 15) is 0 Å². The van der Waals surface area contributed by atoms with Gasteiger partial charge in [-0.25, -0.2) is 0 Å². The Balaban J connectivity index is 1.19. The SMILES string of the molecule is CC1(C)c2ccccc2-c2ccc(N(c3ccc(-c4ccccc4)cc3)c3cccc4c3C(c3ccccc3)(c3ccc(-c5ccccc5)cc3)c3ccccc3-4)cc21. The Bertz CT molecular complexity index is 2980. The first-order valence-electron chi connectivity index (χ1n) is 20.7. The highest BCUT2D eigenvalue weighted by Gasteiger charge is 2.48. The van der Waals surface area contributed by atoms with Crippen LogP contribution in [0.15, 0.2) is 224 Å². The monoisotopic (exact) mass is 753 g/mol. The van der Waals surface area contributed by atoms with E-state index in [0.717, 1.165) is 17.1 Å². The van der Waals surface area contributed by atoms with Crippen molar-refractivity contribution in [1.29, 1.82) is 0 Å². The van der Waals surface area contributed by atoms with Crippen LogP contribution in [0.4, 0.5) is 17.1 Å². The average molecular weight is 754 g/mol. The lowest BCUT2D eigenvalue weighted by Gasteiger charge is -2.38. The van der Waals surface area contributed by atoms with Crippen molar-refractivity contribution in [3.63, 3.8) is 0 Å². The van der Waals surface area contributed by atoms with E-state index in [-0.39, 0.29) is 5.41 Å². The second-order valence-corrected chi connectivity index (χ2v) is 16.5. The molecule has 2 aliphatic rings. The van der Waals surface area contributed by atoms with Gasteiger partial charge in [-0.05, 0) is 103 Å². The average Bonchev–Trinajstić information content (AvgIpc) is 3.74. The van der Waals surface area contributed by atoms with Crippen molar-refractivity contribution in [2.45, 2.75) is 24.7 Å². The Kier molecular flexibility index (Phi) is 8.13. The molecule has 0 spiro atoms. The van der Waals surface area contributed by atoms with Crippen molar-refractivity contribution in [2.75, 3.05) is 4.90 Å². The summed E-state index contributed by atoms with van der Waals surface area (Å²) in [5.41, 5.74) is 20.5. The summed E-state index contributed by atoms with van der Waals surface area (Å²) in [7, 11) is 0. The van der Waals surface area contributed by atoms with Gasteiger partial charge in [-0.3, -0.25) is 0 Å². The first-order chi connectivity index (χ1) is 29.0.